The van der Waals surface area contributed by atoms with Crippen LogP contribution in [0.1, 0.15) is 15.9 Å². The Labute approximate surface area is 124 Å². The molecule has 0 aliphatic heterocycles. The molecule has 0 spiro atoms. The van der Waals surface area contributed by atoms with Crippen molar-refractivity contribution in [3.63, 3.8) is 0 Å². The number of benzene rings is 1. The number of aromatic nitrogens is 2. The van der Waals surface area contributed by atoms with Crippen LogP contribution in [0.15, 0.2) is 30.5 Å². The second-order valence-electron chi connectivity index (χ2n) is 4.00. The topological polar surface area (TPSA) is 124 Å². The number of nitrogens with two attached hydrogens (primary N) is 1. The first-order valence-corrected chi connectivity index (χ1v) is 6.15. The van der Waals surface area contributed by atoms with Crippen molar-refractivity contribution in [2.75, 3.05) is 5.32 Å². The molecular formula is C12H10ClN5O3. The van der Waals surface area contributed by atoms with Gasteiger partial charge in [-0.1, -0.05) is 18.2 Å². The number of nitrogens with one attached hydrogen (secondary N) is 1. The van der Waals surface area contributed by atoms with Crippen molar-refractivity contribution in [3.05, 3.63) is 57.0 Å². The van der Waals surface area contributed by atoms with E-state index in [4.69, 9.17) is 17.3 Å². The largest absolute Gasteiger partial charge is 0.365 e. The van der Waals surface area contributed by atoms with Gasteiger partial charge in [-0.2, -0.15) is 4.98 Å². The van der Waals surface area contributed by atoms with E-state index in [2.05, 4.69) is 15.3 Å². The number of hydrogen-bond donors (Lipinski definition) is 2. The Morgan fingerprint density at radius 2 is 2.14 bits per heavy atom. The van der Waals surface area contributed by atoms with Gasteiger partial charge in [-0.05, 0) is 11.6 Å². The molecule has 0 unspecified atom stereocenters. The van der Waals surface area contributed by atoms with E-state index in [1.807, 2.05) is 0 Å². The Kier molecular flexibility index (Phi) is 4.29. The molecule has 0 bridgehead atoms. The SMILES string of the molecule is NC(=O)c1cnc(Cl)nc1NCc1ccccc1[N+](=O)[O-]. The summed E-state index contributed by atoms with van der Waals surface area (Å²) >= 11 is 5.66. The van der Waals surface area contributed by atoms with E-state index in [0.29, 0.717) is 5.56 Å². The van der Waals surface area contributed by atoms with Crippen LogP contribution in [0.25, 0.3) is 0 Å². The van der Waals surface area contributed by atoms with E-state index < -0.39 is 10.8 Å². The summed E-state index contributed by atoms with van der Waals surface area (Å²) in [6, 6.07) is 6.22. The van der Waals surface area contributed by atoms with Gasteiger partial charge in [-0.25, -0.2) is 4.98 Å². The number of carbonyl (C=O) groups excluding carboxylic acids is 1. The predicted molar refractivity (Wildman–Crippen MR) is 76.0 cm³/mol. The molecule has 0 saturated heterocycles. The van der Waals surface area contributed by atoms with Gasteiger partial charge in [-0.15, -0.1) is 0 Å². The zero-order valence-electron chi connectivity index (χ0n) is 10.6. The monoisotopic (exact) mass is 307 g/mol. The number of amides is 1. The maximum absolute atomic E-state index is 11.3. The Balaban J connectivity index is 2.27. The third-order valence-corrected chi connectivity index (χ3v) is 2.84. The van der Waals surface area contributed by atoms with Crippen molar-refractivity contribution in [1.82, 2.24) is 9.97 Å². The minimum atomic E-state index is -0.725. The molecule has 2 rings (SSSR count). The molecule has 2 aromatic rings. The highest BCUT2D eigenvalue weighted by molar-refractivity contribution is 6.28. The first kappa shape index (κ1) is 14.7. The molecule has 0 radical (unpaired) electrons. The fraction of sp³-hybridized carbons (Fsp3) is 0.0833. The van der Waals surface area contributed by atoms with Gasteiger partial charge in [0.1, 0.15) is 5.82 Å². The normalized spacial score (nSPS) is 10.1. The van der Waals surface area contributed by atoms with Gasteiger partial charge in [0, 0.05) is 24.4 Å². The summed E-state index contributed by atoms with van der Waals surface area (Å²) in [5.74, 6) is -0.600. The van der Waals surface area contributed by atoms with Gasteiger partial charge in [0.2, 0.25) is 5.28 Å². The molecule has 1 heterocycles. The number of carbonyl (C=O) groups is 1. The van der Waals surface area contributed by atoms with E-state index in [9.17, 15) is 14.9 Å². The summed E-state index contributed by atoms with van der Waals surface area (Å²) in [5.41, 5.74) is 5.66. The number of nitro benzene ring substituents is 1. The lowest BCUT2D eigenvalue weighted by atomic mass is 10.2. The van der Waals surface area contributed by atoms with Crippen LogP contribution in [-0.4, -0.2) is 20.8 Å². The van der Waals surface area contributed by atoms with Crippen LogP contribution in [0, 0.1) is 10.1 Å². The minimum absolute atomic E-state index is 0.0363. The molecule has 0 atom stereocenters. The van der Waals surface area contributed by atoms with Crippen LogP contribution in [-0.2, 0) is 6.54 Å². The summed E-state index contributed by atoms with van der Waals surface area (Å²) in [5, 5.41) is 13.7. The van der Waals surface area contributed by atoms with Crippen LogP contribution >= 0.6 is 11.6 Å². The van der Waals surface area contributed by atoms with Gasteiger partial charge in [0.15, 0.2) is 0 Å². The van der Waals surface area contributed by atoms with Crippen molar-refractivity contribution in [2.45, 2.75) is 6.54 Å². The zero-order chi connectivity index (χ0) is 15.4. The third-order valence-electron chi connectivity index (χ3n) is 2.66. The second-order valence-corrected chi connectivity index (χ2v) is 4.34. The molecule has 0 aliphatic rings. The number of anilines is 1. The summed E-state index contributed by atoms with van der Waals surface area (Å²) in [6.45, 7) is 0.0881. The quantitative estimate of drug-likeness (QED) is 0.492. The van der Waals surface area contributed by atoms with Crippen LogP contribution in [0.3, 0.4) is 0 Å². The Bertz CT molecular complexity index is 707. The van der Waals surface area contributed by atoms with E-state index in [1.54, 1.807) is 18.2 Å². The lowest BCUT2D eigenvalue weighted by molar-refractivity contribution is -0.385. The lowest BCUT2D eigenvalue weighted by Gasteiger charge is -2.09. The zero-order valence-corrected chi connectivity index (χ0v) is 11.4. The Morgan fingerprint density at radius 1 is 1.43 bits per heavy atom. The summed E-state index contributed by atoms with van der Waals surface area (Å²) in [7, 11) is 0. The van der Waals surface area contributed by atoms with Crippen LogP contribution in [0.5, 0.6) is 0 Å². The predicted octanol–water partition coefficient (Wildman–Crippen LogP) is 1.75. The van der Waals surface area contributed by atoms with Gasteiger partial charge >= 0.3 is 0 Å². The maximum Gasteiger partial charge on any atom is 0.274 e. The molecule has 0 fully saturated rings. The molecule has 0 saturated carbocycles. The molecule has 8 nitrogen and oxygen atoms in total. The highest BCUT2D eigenvalue weighted by atomic mass is 35.5. The van der Waals surface area contributed by atoms with E-state index in [-0.39, 0.29) is 28.9 Å². The van der Waals surface area contributed by atoms with E-state index in [1.165, 1.54) is 12.3 Å². The highest BCUT2D eigenvalue weighted by Crippen LogP contribution is 2.20. The second kappa shape index (κ2) is 6.14. The van der Waals surface area contributed by atoms with Crippen LogP contribution in [0.2, 0.25) is 5.28 Å². The first-order valence-electron chi connectivity index (χ1n) is 5.77. The van der Waals surface area contributed by atoms with E-state index >= 15 is 0 Å². The number of hydrogen-bond acceptors (Lipinski definition) is 6. The standard InChI is InChI=1S/C12H10ClN5O3/c13-12-16-6-8(10(14)19)11(17-12)15-5-7-3-1-2-4-9(7)18(20)21/h1-4,6H,5H2,(H2,14,19)(H,15,16,17). The van der Waals surface area contributed by atoms with Crippen molar-refractivity contribution in [2.24, 2.45) is 5.73 Å². The Hall–Kier alpha value is -2.74. The Morgan fingerprint density at radius 3 is 2.81 bits per heavy atom. The summed E-state index contributed by atoms with van der Waals surface area (Å²) in [6.07, 6.45) is 1.19. The van der Waals surface area contributed by atoms with Gasteiger partial charge in [-0.3, -0.25) is 14.9 Å². The molecule has 9 heteroatoms. The molecular weight excluding hydrogens is 298 g/mol. The molecule has 21 heavy (non-hydrogen) atoms. The smallest absolute Gasteiger partial charge is 0.274 e. The molecule has 0 aliphatic carbocycles. The molecule has 108 valence electrons. The number of nitro groups is 1. The van der Waals surface area contributed by atoms with Crippen molar-refractivity contribution < 1.29 is 9.72 Å². The average molecular weight is 308 g/mol. The van der Waals surface area contributed by atoms with Gasteiger partial charge < -0.3 is 11.1 Å². The summed E-state index contributed by atoms with van der Waals surface area (Å²) < 4.78 is 0. The third kappa shape index (κ3) is 3.42. The maximum atomic E-state index is 11.3. The van der Waals surface area contributed by atoms with Crippen LogP contribution < -0.4 is 11.1 Å². The first-order chi connectivity index (χ1) is 9.99. The van der Waals surface area contributed by atoms with E-state index in [0.717, 1.165) is 0 Å². The van der Waals surface area contributed by atoms with Crippen molar-refractivity contribution >= 4 is 29.0 Å². The number of rotatable bonds is 5. The number of nitrogens with zero attached hydrogens (tertiary/aromatic N) is 3. The van der Waals surface area contributed by atoms with Crippen molar-refractivity contribution in [1.29, 1.82) is 0 Å². The number of halogens is 1. The fourth-order valence-electron chi connectivity index (χ4n) is 1.69. The lowest BCUT2D eigenvalue weighted by Crippen LogP contribution is -2.16. The van der Waals surface area contributed by atoms with Crippen LogP contribution in [0.4, 0.5) is 11.5 Å². The average Bonchev–Trinajstić information content (AvgIpc) is 2.45. The molecule has 1 aromatic heterocycles. The molecule has 3 N–H and O–H groups in total. The highest BCUT2D eigenvalue weighted by Gasteiger charge is 2.15. The number of para-hydroxylation sites is 1. The van der Waals surface area contributed by atoms with Crippen molar-refractivity contribution in [3.8, 4) is 0 Å². The van der Waals surface area contributed by atoms with Gasteiger partial charge in [0.05, 0.1) is 10.5 Å². The molecule has 1 aromatic carbocycles. The molecule has 1 amide bonds. The fourth-order valence-corrected chi connectivity index (χ4v) is 1.83. The summed E-state index contributed by atoms with van der Waals surface area (Å²) in [4.78, 5) is 29.2. The van der Waals surface area contributed by atoms with Gasteiger partial charge in [0.25, 0.3) is 11.6 Å². The minimum Gasteiger partial charge on any atom is -0.365 e. The number of primary amides is 1.